The van der Waals surface area contributed by atoms with Crippen molar-refractivity contribution in [1.82, 2.24) is 0 Å². The van der Waals surface area contributed by atoms with Crippen molar-refractivity contribution in [3.05, 3.63) is 0 Å². The molecule has 5 unspecified atom stereocenters. The van der Waals surface area contributed by atoms with E-state index in [-0.39, 0.29) is 17.6 Å². The maximum Gasteiger partial charge on any atom is 0.108 e. The SMILES string of the molecule is CC1C(OS(=O)[O-])C2(C)CCC1(C)O2. The first-order valence-corrected chi connectivity index (χ1v) is 5.84. The van der Waals surface area contributed by atoms with Crippen molar-refractivity contribution in [2.75, 3.05) is 0 Å². The highest BCUT2D eigenvalue weighted by Crippen LogP contribution is 2.54. The zero-order chi connectivity index (χ0) is 10.6. The molecule has 0 aromatic heterocycles. The highest BCUT2D eigenvalue weighted by Gasteiger charge is 2.62. The van der Waals surface area contributed by atoms with Crippen molar-refractivity contribution < 1.29 is 17.7 Å². The van der Waals surface area contributed by atoms with Crippen LogP contribution in [0.5, 0.6) is 0 Å². The molecule has 0 N–H and O–H groups in total. The summed E-state index contributed by atoms with van der Waals surface area (Å²) in [6.45, 7) is 5.95. The molecular weight excluding hydrogens is 204 g/mol. The van der Waals surface area contributed by atoms with Gasteiger partial charge in [-0.15, -0.1) is 0 Å². The Kier molecular flexibility index (Phi) is 2.27. The molecule has 0 spiro atoms. The molecule has 5 atom stereocenters. The predicted octanol–water partition coefficient (Wildman–Crippen LogP) is 1.14. The van der Waals surface area contributed by atoms with Gasteiger partial charge in [0.25, 0.3) is 0 Å². The molecule has 2 bridgehead atoms. The molecule has 14 heavy (non-hydrogen) atoms. The number of fused-ring (bicyclic) bond motifs is 2. The molecule has 0 amide bonds. The van der Waals surface area contributed by atoms with Gasteiger partial charge in [0.2, 0.25) is 0 Å². The highest BCUT2D eigenvalue weighted by atomic mass is 32.2. The molecule has 0 aromatic rings. The summed E-state index contributed by atoms with van der Waals surface area (Å²) in [7, 11) is 0. The van der Waals surface area contributed by atoms with Gasteiger partial charge in [-0.3, -0.25) is 4.18 Å². The van der Waals surface area contributed by atoms with E-state index < -0.39 is 17.0 Å². The van der Waals surface area contributed by atoms with Crippen LogP contribution in [0.15, 0.2) is 0 Å². The average molecular weight is 219 g/mol. The third-order valence-electron chi connectivity index (χ3n) is 3.79. The fraction of sp³-hybridized carbons (Fsp3) is 1.00. The first-order chi connectivity index (χ1) is 6.37. The largest absolute Gasteiger partial charge is 0.750 e. The Morgan fingerprint density at radius 2 is 2.00 bits per heavy atom. The molecule has 2 rings (SSSR count). The lowest BCUT2D eigenvalue weighted by atomic mass is 9.74. The summed E-state index contributed by atoms with van der Waals surface area (Å²) in [4.78, 5) is 0. The van der Waals surface area contributed by atoms with Crippen LogP contribution in [0, 0.1) is 5.92 Å². The minimum absolute atomic E-state index is 0.124. The van der Waals surface area contributed by atoms with Crippen molar-refractivity contribution in [2.24, 2.45) is 5.92 Å². The number of rotatable bonds is 2. The van der Waals surface area contributed by atoms with E-state index in [0.717, 1.165) is 12.8 Å². The van der Waals surface area contributed by atoms with Crippen LogP contribution in [0.2, 0.25) is 0 Å². The van der Waals surface area contributed by atoms with E-state index in [1.54, 1.807) is 0 Å². The van der Waals surface area contributed by atoms with Crippen LogP contribution in [0.25, 0.3) is 0 Å². The average Bonchev–Trinajstić information content (AvgIpc) is 2.45. The zero-order valence-electron chi connectivity index (χ0n) is 8.61. The molecule has 5 heteroatoms. The third kappa shape index (κ3) is 1.34. The fourth-order valence-electron chi connectivity index (χ4n) is 2.77. The van der Waals surface area contributed by atoms with E-state index in [0.29, 0.717) is 0 Å². The Labute approximate surface area is 86.5 Å². The van der Waals surface area contributed by atoms with Gasteiger partial charge in [-0.05, 0) is 26.7 Å². The Morgan fingerprint density at radius 1 is 1.43 bits per heavy atom. The standard InChI is InChI=1S/C9H16O4S/c1-6-7(12-14(10)11)9(3)5-4-8(6,2)13-9/h6-7H,4-5H2,1-3H3,(H,10,11)/p-1. The lowest BCUT2D eigenvalue weighted by molar-refractivity contribution is -0.0518. The van der Waals surface area contributed by atoms with E-state index in [1.165, 1.54) is 0 Å². The first-order valence-electron chi connectivity index (χ1n) is 4.84. The second kappa shape index (κ2) is 3.01. The molecular formula is C9H15O4S-. The minimum atomic E-state index is -2.45. The van der Waals surface area contributed by atoms with Crippen molar-refractivity contribution in [3.63, 3.8) is 0 Å². The quantitative estimate of drug-likeness (QED) is 0.653. The van der Waals surface area contributed by atoms with Crippen LogP contribution < -0.4 is 0 Å². The maximum absolute atomic E-state index is 10.5. The molecule has 82 valence electrons. The van der Waals surface area contributed by atoms with Gasteiger partial charge in [0.15, 0.2) is 0 Å². The summed E-state index contributed by atoms with van der Waals surface area (Å²) >= 11 is -2.45. The molecule has 4 nitrogen and oxygen atoms in total. The van der Waals surface area contributed by atoms with Crippen LogP contribution in [-0.2, 0) is 20.3 Å². The molecule has 2 aliphatic rings. The molecule has 2 fully saturated rings. The van der Waals surface area contributed by atoms with Crippen LogP contribution in [-0.4, -0.2) is 26.1 Å². The van der Waals surface area contributed by atoms with Gasteiger partial charge in [-0.2, -0.15) is 0 Å². The van der Waals surface area contributed by atoms with Gasteiger partial charge >= 0.3 is 0 Å². The van der Waals surface area contributed by atoms with E-state index in [1.807, 2.05) is 20.8 Å². The maximum atomic E-state index is 10.5. The molecule has 0 aromatic carbocycles. The Hall–Kier alpha value is 0.0300. The monoisotopic (exact) mass is 219 g/mol. The van der Waals surface area contributed by atoms with Crippen molar-refractivity contribution in [2.45, 2.75) is 50.9 Å². The van der Waals surface area contributed by atoms with E-state index in [2.05, 4.69) is 0 Å². The summed E-state index contributed by atoms with van der Waals surface area (Å²) in [6.07, 6.45) is 1.52. The highest BCUT2D eigenvalue weighted by molar-refractivity contribution is 7.74. The van der Waals surface area contributed by atoms with Gasteiger partial charge in [0, 0.05) is 5.92 Å². The van der Waals surface area contributed by atoms with E-state index in [9.17, 15) is 8.76 Å². The van der Waals surface area contributed by atoms with Gasteiger partial charge in [0.1, 0.15) is 6.10 Å². The zero-order valence-corrected chi connectivity index (χ0v) is 9.43. The summed E-state index contributed by atoms with van der Waals surface area (Å²) in [5.41, 5.74) is -0.632. The lowest BCUT2D eigenvalue weighted by Crippen LogP contribution is -2.43. The molecule has 0 aliphatic carbocycles. The van der Waals surface area contributed by atoms with E-state index >= 15 is 0 Å². The van der Waals surface area contributed by atoms with Crippen LogP contribution in [0.3, 0.4) is 0 Å². The topological polar surface area (TPSA) is 58.6 Å². The van der Waals surface area contributed by atoms with Crippen molar-refractivity contribution >= 4 is 11.4 Å². The smallest absolute Gasteiger partial charge is 0.108 e. The Morgan fingerprint density at radius 3 is 2.43 bits per heavy atom. The molecule has 2 aliphatic heterocycles. The second-order valence-corrected chi connectivity index (χ2v) is 5.34. The summed E-state index contributed by atoms with van der Waals surface area (Å²) in [6, 6.07) is 0. The first kappa shape index (κ1) is 10.5. The summed E-state index contributed by atoms with van der Waals surface area (Å²) in [5.74, 6) is 0.124. The van der Waals surface area contributed by atoms with Gasteiger partial charge < -0.3 is 9.29 Å². The van der Waals surface area contributed by atoms with Crippen molar-refractivity contribution in [1.29, 1.82) is 0 Å². The summed E-state index contributed by atoms with van der Waals surface area (Å²) < 4.78 is 31.9. The van der Waals surface area contributed by atoms with Crippen LogP contribution in [0.4, 0.5) is 0 Å². The van der Waals surface area contributed by atoms with Gasteiger partial charge in [-0.1, -0.05) is 6.92 Å². The predicted molar refractivity (Wildman–Crippen MR) is 50.1 cm³/mol. The molecule has 0 radical (unpaired) electrons. The number of hydrogen-bond donors (Lipinski definition) is 0. The Balaban J connectivity index is 2.23. The fourth-order valence-corrected chi connectivity index (χ4v) is 3.31. The normalized spacial score (nSPS) is 53.7. The number of hydrogen-bond acceptors (Lipinski definition) is 4. The van der Waals surface area contributed by atoms with Gasteiger partial charge in [0.05, 0.1) is 22.6 Å². The lowest BCUT2D eigenvalue weighted by Gasteiger charge is -2.34. The third-order valence-corrected chi connectivity index (χ3v) is 4.15. The molecule has 0 saturated carbocycles. The molecule has 2 heterocycles. The van der Waals surface area contributed by atoms with Crippen LogP contribution >= 0.6 is 0 Å². The second-order valence-electron chi connectivity index (χ2n) is 4.74. The summed E-state index contributed by atoms with van der Waals surface area (Å²) in [5, 5.41) is 0. The van der Waals surface area contributed by atoms with Gasteiger partial charge in [-0.25, -0.2) is 4.21 Å². The van der Waals surface area contributed by atoms with Crippen molar-refractivity contribution in [3.8, 4) is 0 Å². The van der Waals surface area contributed by atoms with E-state index in [4.69, 9.17) is 8.92 Å². The Bertz CT molecular complexity index is 282. The minimum Gasteiger partial charge on any atom is -0.750 e. The molecule has 2 saturated heterocycles. The number of ether oxygens (including phenoxy) is 1. The van der Waals surface area contributed by atoms with Crippen LogP contribution in [0.1, 0.15) is 33.6 Å².